The van der Waals surface area contributed by atoms with Crippen LogP contribution < -0.4 is 16.1 Å². The minimum absolute atomic E-state index is 0.000751. The van der Waals surface area contributed by atoms with Gasteiger partial charge in [0.1, 0.15) is 12.1 Å². The number of rotatable bonds is 3. The van der Waals surface area contributed by atoms with Gasteiger partial charge in [-0.1, -0.05) is 0 Å². The molecule has 8 heteroatoms. The quantitative estimate of drug-likeness (QED) is 0.563. The van der Waals surface area contributed by atoms with Crippen LogP contribution in [0.2, 0.25) is 0 Å². The Morgan fingerprint density at radius 3 is 2.90 bits per heavy atom. The topological polar surface area (TPSA) is 93.8 Å². The monoisotopic (exact) mass is 281 g/mol. The van der Waals surface area contributed by atoms with Gasteiger partial charge in [-0.05, 0) is 6.92 Å². The Bertz CT molecular complexity index is 476. The molecule has 0 aromatic rings. The molecule has 0 bridgehead atoms. The predicted octanol–water partition coefficient (Wildman–Crippen LogP) is -1.87. The summed E-state index contributed by atoms with van der Waals surface area (Å²) in [6.45, 7) is 1.78. The molecule has 8 nitrogen and oxygen atoms in total. The van der Waals surface area contributed by atoms with E-state index in [1.807, 2.05) is 0 Å². The summed E-state index contributed by atoms with van der Waals surface area (Å²) < 4.78 is 0. The van der Waals surface area contributed by atoms with Gasteiger partial charge in [-0.25, -0.2) is 5.43 Å². The molecule has 1 saturated heterocycles. The number of hydrogen-bond acceptors (Lipinski definition) is 5. The number of carbonyl (C=O) groups is 3. The highest BCUT2D eigenvalue weighted by molar-refractivity contribution is 5.90. The maximum Gasteiger partial charge on any atom is 0.248 e. The fourth-order valence-electron chi connectivity index (χ4n) is 2.33. The summed E-state index contributed by atoms with van der Waals surface area (Å²) in [5.74, 6) is -0.561. The summed E-state index contributed by atoms with van der Waals surface area (Å²) >= 11 is 0. The fraction of sp³-hybridized carbons (Fsp3) is 0.583. The van der Waals surface area contributed by atoms with E-state index in [1.165, 1.54) is 11.9 Å². The van der Waals surface area contributed by atoms with E-state index >= 15 is 0 Å². The Labute approximate surface area is 117 Å². The third-order valence-electron chi connectivity index (χ3n) is 3.39. The second-order valence-corrected chi connectivity index (χ2v) is 5.01. The van der Waals surface area contributed by atoms with Crippen molar-refractivity contribution in [1.82, 2.24) is 26.0 Å². The first kappa shape index (κ1) is 14.3. The van der Waals surface area contributed by atoms with E-state index in [0.29, 0.717) is 6.42 Å². The molecule has 20 heavy (non-hydrogen) atoms. The first-order valence-electron chi connectivity index (χ1n) is 6.41. The van der Waals surface area contributed by atoms with Gasteiger partial charge in [0.05, 0.1) is 6.54 Å². The highest BCUT2D eigenvalue weighted by Crippen LogP contribution is 2.20. The highest BCUT2D eigenvalue weighted by atomic mass is 16.2. The molecule has 2 aliphatic heterocycles. The van der Waals surface area contributed by atoms with Crippen molar-refractivity contribution in [3.63, 3.8) is 0 Å². The van der Waals surface area contributed by atoms with Gasteiger partial charge in [0.2, 0.25) is 17.7 Å². The summed E-state index contributed by atoms with van der Waals surface area (Å²) in [6.07, 6.45) is 2.14. The summed E-state index contributed by atoms with van der Waals surface area (Å²) in [5.41, 5.74) is 3.73. The number of likely N-dealkylation sites (N-methyl/N-ethyl adjacent to an activating group) is 2. The molecule has 0 spiro atoms. The van der Waals surface area contributed by atoms with Crippen LogP contribution in [-0.4, -0.2) is 60.4 Å². The Morgan fingerprint density at radius 1 is 1.55 bits per heavy atom. The molecule has 2 atom stereocenters. The highest BCUT2D eigenvalue weighted by Gasteiger charge is 2.41. The van der Waals surface area contributed by atoms with Gasteiger partial charge >= 0.3 is 0 Å². The average Bonchev–Trinajstić information content (AvgIpc) is 2.81. The molecule has 0 radical (unpaired) electrons. The number of amides is 3. The van der Waals surface area contributed by atoms with E-state index in [-0.39, 0.29) is 30.3 Å². The van der Waals surface area contributed by atoms with Crippen LogP contribution in [0.4, 0.5) is 0 Å². The molecule has 1 fully saturated rings. The zero-order valence-electron chi connectivity index (χ0n) is 11.8. The number of allylic oxidation sites excluding steroid dienone is 1. The standard InChI is InChI=1S/C12H19N5O3/c1-7-5-17-9(11(19)14-7)4-8(15-17)12(20)16(3)6-10(18)13-2/h5,8-9,15H,4,6H2,1-3H3,(H,13,18)(H,14,19). The molecule has 3 amide bonds. The third-order valence-corrected chi connectivity index (χ3v) is 3.39. The molecular weight excluding hydrogens is 262 g/mol. The Hall–Kier alpha value is -2.09. The number of carbonyl (C=O) groups excluding carboxylic acids is 3. The lowest BCUT2D eigenvalue weighted by atomic mass is 10.1. The van der Waals surface area contributed by atoms with Crippen molar-refractivity contribution in [2.24, 2.45) is 0 Å². The smallest absolute Gasteiger partial charge is 0.248 e. The molecule has 0 aromatic heterocycles. The third kappa shape index (κ3) is 2.74. The molecule has 3 N–H and O–H groups in total. The van der Waals surface area contributed by atoms with E-state index in [1.54, 1.807) is 25.2 Å². The molecule has 2 heterocycles. The zero-order valence-corrected chi connectivity index (χ0v) is 11.8. The van der Waals surface area contributed by atoms with Gasteiger partial charge in [-0.2, -0.15) is 0 Å². The SMILES string of the molecule is CNC(=O)CN(C)C(=O)C1CC2C(=O)NC(C)=CN2N1. The summed E-state index contributed by atoms with van der Waals surface area (Å²) in [7, 11) is 3.09. The van der Waals surface area contributed by atoms with Crippen LogP contribution in [0.25, 0.3) is 0 Å². The summed E-state index contributed by atoms with van der Waals surface area (Å²) in [5, 5.41) is 6.86. The van der Waals surface area contributed by atoms with E-state index < -0.39 is 6.04 Å². The van der Waals surface area contributed by atoms with Gasteiger partial charge in [-0.3, -0.25) is 14.4 Å². The minimum atomic E-state index is -0.498. The Morgan fingerprint density at radius 2 is 2.25 bits per heavy atom. The molecule has 0 aliphatic carbocycles. The second kappa shape index (κ2) is 5.49. The minimum Gasteiger partial charge on any atom is -0.358 e. The molecule has 0 aromatic carbocycles. The van der Waals surface area contributed by atoms with Crippen LogP contribution in [0.1, 0.15) is 13.3 Å². The zero-order chi connectivity index (χ0) is 14.9. The normalized spacial score (nSPS) is 24.6. The average molecular weight is 281 g/mol. The maximum absolute atomic E-state index is 12.2. The number of nitrogens with zero attached hydrogens (tertiary/aromatic N) is 2. The molecule has 0 saturated carbocycles. The van der Waals surface area contributed by atoms with Crippen molar-refractivity contribution in [2.75, 3.05) is 20.6 Å². The van der Waals surface area contributed by atoms with Gasteiger partial charge in [0, 0.05) is 32.4 Å². The van der Waals surface area contributed by atoms with E-state index in [9.17, 15) is 14.4 Å². The van der Waals surface area contributed by atoms with Crippen molar-refractivity contribution in [3.8, 4) is 0 Å². The summed E-state index contributed by atoms with van der Waals surface area (Å²) in [6, 6.07) is -0.886. The van der Waals surface area contributed by atoms with E-state index in [4.69, 9.17) is 0 Å². The van der Waals surface area contributed by atoms with Gasteiger partial charge in [0.15, 0.2) is 0 Å². The van der Waals surface area contributed by atoms with Gasteiger partial charge in [0.25, 0.3) is 0 Å². The molecule has 2 rings (SSSR count). The molecule has 2 unspecified atom stereocenters. The number of hydrazine groups is 1. The fourth-order valence-corrected chi connectivity index (χ4v) is 2.33. The number of nitrogens with one attached hydrogen (secondary N) is 3. The van der Waals surface area contributed by atoms with E-state index in [0.717, 1.165) is 5.70 Å². The van der Waals surface area contributed by atoms with Crippen LogP contribution in [0.15, 0.2) is 11.9 Å². The lowest BCUT2D eigenvalue weighted by Crippen LogP contribution is -2.49. The molecule has 110 valence electrons. The molecular formula is C12H19N5O3. The predicted molar refractivity (Wildman–Crippen MR) is 70.8 cm³/mol. The van der Waals surface area contributed by atoms with Gasteiger partial charge in [-0.15, -0.1) is 0 Å². The Balaban J connectivity index is 2.00. The number of fused-ring (bicyclic) bond motifs is 1. The van der Waals surface area contributed by atoms with E-state index in [2.05, 4.69) is 16.1 Å². The van der Waals surface area contributed by atoms with Gasteiger partial charge < -0.3 is 20.5 Å². The maximum atomic E-state index is 12.2. The second-order valence-electron chi connectivity index (χ2n) is 5.01. The lowest BCUT2D eigenvalue weighted by Gasteiger charge is -2.27. The van der Waals surface area contributed by atoms with Crippen LogP contribution in [0, 0.1) is 0 Å². The van der Waals surface area contributed by atoms with Crippen molar-refractivity contribution in [1.29, 1.82) is 0 Å². The van der Waals surface area contributed by atoms with Crippen molar-refractivity contribution >= 4 is 17.7 Å². The number of hydrogen-bond donors (Lipinski definition) is 3. The van der Waals surface area contributed by atoms with Crippen LogP contribution in [0.3, 0.4) is 0 Å². The summed E-state index contributed by atoms with van der Waals surface area (Å²) in [4.78, 5) is 36.7. The van der Waals surface area contributed by atoms with Crippen LogP contribution in [-0.2, 0) is 14.4 Å². The molecule has 2 aliphatic rings. The van der Waals surface area contributed by atoms with Crippen molar-refractivity contribution in [2.45, 2.75) is 25.4 Å². The van der Waals surface area contributed by atoms with Crippen molar-refractivity contribution in [3.05, 3.63) is 11.9 Å². The first-order valence-corrected chi connectivity index (χ1v) is 6.41. The lowest BCUT2D eigenvalue weighted by molar-refractivity contribution is -0.136. The van der Waals surface area contributed by atoms with Crippen molar-refractivity contribution < 1.29 is 14.4 Å². The first-order chi connectivity index (χ1) is 9.42. The van der Waals surface area contributed by atoms with Crippen LogP contribution in [0.5, 0.6) is 0 Å². The Kier molecular flexibility index (Phi) is 3.93. The largest absolute Gasteiger partial charge is 0.358 e. The van der Waals surface area contributed by atoms with Crippen LogP contribution >= 0.6 is 0 Å².